The summed E-state index contributed by atoms with van der Waals surface area (Å²) < 4.78 is 0. The summed E-state index contributed by atoms with van der Waals surface area (Å²) in [4.78, 5) is 12.0. The molecule has 5 heteroatoms. The van der Waals surface area contributed by atoms with Crippen LogP contribution in [-0.2, 0) is 0 Å². The summed E-state index contributed by atoms with van der Waals surface area (Å²) in [5, 5.41) is 12.1. The van der Waals surface area contributed by atoms with Crippen molar-refractivity contribution in [1.29, 1.82) is 0 Å². The van der Waals surface area contributed by atoms with Crippen molar-refractivity contribution in [3.63, 3.8) is 0 Å². The SMILES string of the molecule is CC(C)(CCCO)CNC(=O)c1cc(N)cc(Cl)c1. The van der Waals surface area contributed by atoms with Crippen molar-refractivity contribution in [3.8, 4) is 0 Å². The first-order valence-electron chi connectivity index (χ1n) is 6.29. The van der Waals surface area contributed by atoms with Crippen LogP contribution in [0.15, 0.2) is 18.2 Å². The number of benzene rings is 1. The minimum atomic E-state index is -0.189. The third kappa shape index (κ3) is 5.49. The zero-order valence-electron chi connectivity index (χ0n) is 11.4. The second kappa shape index (κ2) is 6.78. The van der Waals surface area contributed by atoms with E-state index in [2.05, 4.69) is 19.2 Å². The predicted octanol–water partition coefficient (Wildman–Crippen LogP) is 2.45. The van der Waals surface area contributed by atoms with Crippen molar-refractivity contribution in [3.05, 3.63) is 28.8 Å². The molecule has 0 aliphatic heterocycles. The van der Waals surface area contributed by atoms with Crippen LogP contribution in [0.2, 0.25) is 5.02 Å². The second-order valence-corrected chi connectivity index (χ2v) is 5.88. The van der Waals surface area contributed by atoms with Gasteiger partial charge in [-0.2, -0.15) is 0 Å². The average molecular weight is 285 g/mol. The first kappa shape index (κ1) is 15.8. The molecule has 0 radical (unpaired) electrons. The van der Waals surface area contributed by atoms with Gasteiger partial charge in [-0.15, -0.1) is 0 Å². The largest absolute Gasteiger partial charge is 0.399 e. The van der Waals surface area contributed by atoms with Crippen LogP contribution in [0.5, 0.6) is 0 Å². The molecular weight excluding hydrogens is 264 g/mol. The molecule has 0 atom stereocenters. The van der Waals surface area contributed by atoms with Gasteiger partial charge in [0.25, 0.3) is 5.91 Å². The maximum atomic E-state index is 12.0. The Morgan fingerprint density at radius 2 is 2.11 bits per heavy atom. The molecule has 0 aliphatic carbocycles. The molecular formula is C14H21ClN2O2. The number of anilines is 1. The Morgan fingerprint density at radius 1 is 1.42 bits per heavy atom. The molecule has 0 spiro atoms. The van der Waals surface area contributed by atoms with E-state index in [4.69, 9.17) is 22.4 Å². The summed E-state index contributed by atoms with van der Waals surface area (Å²) in [6, 6.07) is 4.79. The lowest BCUT2D eigenvalue weighted by atomic mass is 9.88. The molecule has 1 aromatic carbocycles. The van der Waals surface area contributed by atoms with Gasteiger partial charge in [0, 0.05) is 29.4 Å². The van der Waals surface area contributed by atoms with Gasteiger partial charge < -0.3 is 16.2 Å². The van der Waals surface area contributed by atoms with E-state index in [0.717, 1.165) is 12.8 Å². The number of rotatable bonds is 6. The van der Waals surface area contributed by atoms with Crippen molar-refractivity contribution in [2.24, 2.45) is 5.41 Å². The number of nitrogen functional groups attached to an aromatic ring is 1. The molecule has 1 aromatic rings. The first-order valence-corrected chi connectivity index (χ1v) is 6.67. The van der Waals surface area contributed by atoms with E-state index >= 15 is 0 Å². The van der Waals surface area contributed by atoms with Crippen LogP contribution in [0.1, 0.15) is 37.0 Å². The number of halogens is 1. The summed E-state index contributed by atoms with van der Waals surface area (Å²) in [6.45, 7) is 4.81. The highest BCUT2D eigenvalue weighted by atomic mass is 35.5. The Kier molecular flexibility index (Phi) is 5.63. The molecule has 1 amide bonds. The third-order valence-electron chi connectivity index (χ3n) is 2.92. The molecule has 0 aliphatic rings. The number of nitrogens with one attached hydrogen (secondary N) is 1. The lowest BCUT2D eigenvalue weighted by Crippen LogP contribution is -2.34. The summed E-state index contributed by atoms with van der Waals surface area (Å²) in [7, 11) is 0. The van der Waals surface area contributed by atoms with E-state index in [1.807, 2.05) is 0 Å². The highest BCUT2D eigenvalue weighted by molar-refractivity contribution is 6.31. The summed E-state index contributed by atoms with van der Waals surface area (Å²) >= 11 is 5.87. The summed E-state index contributed by atoms with van der Waals surface area (Å²) in [5.41, 5.74) is 6.53. The fraction of sp³-hybridized carbons (Fsp3) is 0.500. The van der Waals surface area contributed by atoms with Gasteiger partial charge in [0.1, 0.15) is 0 Å². The van der Waals surface area contributed by atoms with Crippen LogP contribution >= 0.6 is 11.6 Å². The highest BCUT2D eigenvalue weighted by Crippen LogP contribution is 2.21. The molecule has 106 valence electrons. The van der Waals surface area contributed by atoms with Crippen LogP contribution in [-0.4, -0.2) is 24.2 Å². The lowest BCUT2D eigenvalue weighted by Gasteiger charge is -2.24. The minimum absolute atomic E-state index is 0.0531. The maximum absolute atomic E-state index is 12.0. The highest BCUT2D eigenvalue weighted by Gasteiger charge is 2.19. The number of hydrogen-bond donors (Lipinski definition) is 3. The Labute approximate surface area is 118 Å². The predicted molar refractivity (Wildman–Crippen MR) is 78.3 cm³/mol. The van der Waals surface area contributed by atoms with Gasteiger partial charge in [-0.05, 0) is 36.5 Å². The number of nitrogens with two attached hydrogens (primary N) is 1. The van der Waals surface area contributed by atoms with Gasteiger partial charge >= 0.3 is 0 Å². The van der Waals surface area contributed by atoms with Crippen molar-refractivity contribution in [2.75, 3.05) is 18.9 Å². The van der Waals surface area contributed by atoms with Crippen molar-refractivity contribution in [1.82, 2.24) is 5.32 Å². The van der Waals surface area contributed by atoms with Crippen molar-refractivity contribution < 1.29 is 9.90 Å². The average Bonchev–Trinajstić information content (AvgIpc) is 2.32. The monoisotopic (exact) mass is 284 g/mol. The van der Waals surface area contributed by atoms with Crippen LogP contribution in [0, 0.1) is 5.41 Å². The number of hydrogen-bond acceptors (Lipinski definition) is 3. The molecule has 4 nitrogen and oxygen atoms in total. The molecule has 1 rings (SSSR count). The molecule has 19 heavy (non-hydrogen) atoms. The van der Waals surface area contributed by atoms with E-state index in [0.29, 0.717) is 22.8 Å². The van der Waals surface area contributed by atoms with Gasteiger partial charge in [-0.25, -0.2) is 0 Å². The number of carbonyl (C=O) groups is 1. The maximum Gasteiger partial charge on any atom is 0.251 e. The Bertz CT molecular complexity index is 427. The summed E-state index contributed by atoms with van der Waals surface area (Å²) in [5.74, 6) is -0.189. The fourth-order valence-electron chi connectivity index (χ4n) is 1.81. The third-order valence-corrected chi connectivity index (χ3v) is 3.14. The number of aliphatic hydroxyl groups is 1. The van der Waals surface area contributed by atoms with Crippen molar-refractivity contribution in [2.45, 2.75) is 26.7 Å². The van der Waals surface area contributed by atoms with Crippen LogP contribution in [0.4, 0.5) is 5.69 Å². The topological polar surface area (TPSA) is 75.3 Å². The standard InChI is InChI=1S/C14H21ClN2O2/c1-14(2,4-3-5-18)9-17-13(19)10-6-11(15)8-12(16)7-10/h6-8,18H,3-5,9,16H2,1-2H3,(H,17,19). The van der Waals surface area contributed by atoms with Gasteiger partial charge in [-0.1, -0.05) is 25.4 Å². The molecule has 0 saturated heterocycles. The molecule has 0 bridgehead atoms. The van der Waals surface area contributed by atoms with Crippen LogP contribution in [0.3, 0.4) is 0 Å². The molecule has 0 saturated carbocycles. The zero-order valence-corrected chi connectivity index (χ0v) is 12.1. The zero-order chi connectivity index (χ0) is 14.5. The Balaban J connectivity index is 2.60. The molecule has 4 N–H and O–H groups in total. The first-order chi connectivity index (χ1) is 8.84. The van der Waals surface area contributed by atoms with Crippen LogP contribution < -0.4 is 11.1 Å². The minimum Gasteiger partial charge on any atom is -0.399 e. The molecule has 0 fully saturated rings. The van der Waals surface area contributed by atoms with Gasteiger partial charge in [0.05, 0.1) is 0 Å². The van der Waals surface area contributed by atoms with Gasteiger partial charge in [0.2, 0.25) is 0 Å². The molecule has 0 aromatic heterocycles. The van der Waals surface area contributed by atoms with Crippen LogP contribution in [0.25, 0.3) is 0 Å². The lowest BCUT2D eigenvalue weighted by molar-refractivity contribution is 0.0933. The fourth-order valence-corrected chi connectivity index (χ4v) is 2.05. The van der Waals surface area contributed by atoms with E-state index in [1.165, 1.54) is 0 Å². The Hall–Kier alpha value is -1.26. The quantitative estimate of drug-likeness (QED) is 0.702. The Morgan fingerprint density at radius 3 is 2.68 bits per heavy atom. The van der Waals surface area contributed by atoms with E-state index in [-0.39, 0.29) is 17.9 Å². The van der Waals surface area contributed by atoms with Gasteiger partial charge in [0.15, 0.2) is 0 Å². The molecule has 0 heterocycles. The second-order valence-electron chi connectivity index (χ2n) is 5.45. The summed E-state index contributed by atoms with van der Waals surface area (Å²) in [6.07, 6.45) is 1.58. The van der Waals surface area contributed by atoms with E-state index < -0.39 is 0 Å². The van der Waals surface area contributed by atoms with Gasteiger partial charge in [-0.3, -0.25) is 4.79 Å². The molecule has 0 unspecified atom stereocenters. The van der Waals surface area contributed by atoms with Crippen molar-refractivity contribution >= 4 is 23.2 Å². The number of aliphatic hydroxyl groups excluding tert-OH is 1. The normalized spacial score (nSPS) is 11.4. The number of amides is 1. The smallest absolute Gasteiger partial charge is 0.251 e. The van der Waals surface area contributed by atoms with E-state index in [1.54, 1.807) is 18.2 Å². The number of carbonyl (C=O) groups excluding carboxylic acids is 1. The van der Waals surface area contributed by atoms with E-state index in [9.17, 15) is 4.79 Å².